The Morgan fingerprint density at radius 1 is 0.793 bits per heavy atom. The largest absolute Gasteiger partial charge is 0.298 e. The van der Waals surface area contributed by atoms with Crippen molar-refractivity contribution in [1.82, 2.24) is 0 Å². The Balaban J connectivity index is 2.13. The molecule has 29 heavy (non-hydrogen) atoms. The minimum atomic E-state index is -1.26. The van der Waals surface area contributed by atoms with Crippen molar-refractivity contribution in [3.63, 3.8) is 0 Å². The number of halogens is 2. The molecule has 0 spiro atoms. The molecule has 0 atom stereocenters. The van der Waals surface area contributed by atoms with E-state index < -0.39 is 39.9 Å². The van der Waals surface area contributed by atoms with E-state index in [0.717, 1.165) is 17.7 Å². The van der Waals surface area contributed by atoms with Crippen molar-refractivity contribution in [3.05, 3.63) is 59.2 Å². The van der Waals surface area contributed by atoms with Crippen LogP contribution in [0.4, 0.5) is 8.78 Å². The second-order valence-corrected chi connectivity index (χ2v) is 8.64. The highest BCUT2D eigenvalue weighted by Gasteiger charge is 2.58. The lowest BCUT2D eigenvalue weighted by molar-refractivity contribution is -0.157. The predicted molar refractivity (Wildman–Crippen MR) is 106 cm³/mol. The molecule has 3 rings (SSSR count). The van der Waals surface area contributed by atoms with Crippen LogP contribution in [0.1, 0.15) is 51.7 Å². The van der Waals surface area contributed by atoms with E-state index in [1.54, 1.807) is 45.9 Å². The van der Waals surface area contributed by atoms with Crippen molar-refractivity contribution in [2.45, 2.75) is 47.0 Å². The zero-order chi connectivity index (χ0) is 21.7. The molecule has 1 aliphatic carbocycles. The van der Waals surface area contributed by atoms with Gasteiger partial charge in [-0.15, -0.1) is 0 Å². The maximum Gasteiger partial charge on any atom is 0.160 e. The molecule has 3 nitrogen and oxygen atoms in total. The quantitative estimate of drug-likeness (QED) is 0.680. The zero-order valence-corrected chi connectivity index (χ0v) is 17.2. The standard InChI is InChI=1S/C24H24F2O3/c1-6-13-11-14(15-8-10-17(25)18(26)12-15)7-9-16(13)19-20(27)23(2,3)22(29)24(4,5)21(19)28/h7-12,19H,6H2,1-5H3. The van der Waals surface area contributed by atoms with Gasteiger partial charge in [-0.1, -0.05) is 31.2 Å². The molecule has 2 aromatic carbocycles. The van der Waals surface area contributed by atoms with Gasteiger partial charge in [0.1, 0.15) is 5.92 Å². The monoisotopic (exact) mass is 398 g/mol. The van der Waals surface area contributed by atoms with Crippen LogP contribution in [0, 0.1) is 22.5 Å². The number of aryl methyl sites for hydroxylation is 1. The number of carbonyl (C=O) groups excluding carboxylic acids is 3. The molecule has 1 saturated carbocycles. The van der Waals surface area contributed by atoms with Gasteiger partial charge in [0.2, 0.25) is 0 Å². The highest BCUT2D eigenvalue weighted by atomic mass is 19.2. The third-order valence-electron chi connectivity index (χ3n) is 5.98. The average molecular weight is 398 g/mol. The van der Waals surface area contributed by atoms with Crippen LogP contribution >= 0.6 is 0 Å². The lowest BCUT2D eigenvalue weighted by atomic mass is 9.57. The van der Waals surface area contributed by atoms with E-state index in [4.69, 9.17) is 0 Å². The van der Waals surface area contributed by atoms with Gasteiger partial charge in [-0.2, -0.15) is 0 Å². The van der Waals surface area contributed by atoms with Crippen LogP contribution in [0.2, 0.25) is 0 Å². The van der Waals surface area contributed by atoms with Gasteiger partial charge >= 0.3 is 0 Å². The smallest absolute Gasteiger partial charge is 0.160 e. The summed E-state index contributed by atoms with van der Waals surface area (Å²) >= 11 is 0. The van der Waals surface area contributed by atoms with Crippen molar-refractivity contribution in [2.75, 3.05) is 0 Å². The number of carbonyl (C=O) groups is 3. The summed E-state index contributed by atoms with van der Waals surface area (Å²) in [6.07, 6.45) is 0.540. The SMILES string of the molecule is CCc1cc(-c2ccc(F)c(F)c2)ccc1C1C(=O)C(C)(C)C(=O)C(C)(C)C1=O. The molecular formula is C24H24F2O3. The Morgan fingerprint density at radius 2 is 1.31 bits per heavy atom. The number of benzene rings is 2. The Labute approximate surface area is 169 Å². The molecule has 0 amide bonds. The maximum atomic E-state index is 13.6. The van der Waals surface area contributed by atoms with Crippen LogP contribution < -0.4 is 0 Å². The first-order valence-electron chi connectivity index (χ1n) is 9.64. The Kier molecular flexibility index (Phi) is 5.06. The van der Waals surface area contributed by atoms with E-state index in [9.17, 15) is 23.2 Å². The molecular weight excluding hydrogens is 374 g/mol. The number of Topliss-reactive ketones (excluding diaryl/α,β-unsaturated/α-hetero) is 3. The molecule has 152 valence electrons. The molecule has 0 aliphatic heterocycles. The number of ketones is 3. The predicted octanol–water partition coefficient (Wildman–Crippen LogP) is 5.05. The highest BCUT2D eigenvalue weighted by Crippen LogP contribution is 2.45. The van der Waals surface area contributed by atoms with E-state index in [1.807, 2.05) is 6.92 Å². The summed E-state index contributed by atoms with van der Waals surface area (Å²) in [6, 6.07) is 8.84. The molecule has 0 unspecified atom stereocenters. The van der Waals surface area contributed by atoms with Gasteiger partial charge in [-0.05, 0) is 68.5 Å². The van der Waals surface area contributed by atoms with E-state index in [0.29, 0.717) is 23.1 Å². The van der Waals surface area contributed by atoms with Crippen molar-refractivity contribution in [2.24, 2.45) is 10.8 Å². The van der Waals surface area contributed by atoms with E-state index >= 15 is 0 Å². The van der Waals surface area contributed by atoms with Crippen LogP contribution in [-0.4, -0.2) is 17.3 Å². The summed E-state index contributed by atoms with van der Waals surface area (Å²) < 4.78 is 26.9. The lowest BCUT2D eigenvalue weighted by Gasteiger charge is -2.41. The van der Waals surface area contributed by atoms with Crippen LogP contribution in [-0.2, 0) is 20.8 Å². The molecule has 0 heterocycles. The van der Waals surface area contributed by atoms with Crippen LogP contribution in [0.15, 0.2) is 36.4 Å². The first kappa shape index (κ1) is 21.0. The zero-order valence-electron chi connectivity index (χ0n) is 17.2. The van der Waals surface area contributed by atoms with E-state index in [1.165, 1.54) is 6.07 Å². The second-order valence-electron chi connectivity index (χ2n) is 8.64. The third-order valence-corrected chi connectivity index (χ3v) is 5.98. The Hall–Kier alpha value is -2.69. The Bertz CT molecular complexity index is 1000. The molecule has 0 aromatic heterocycles. The highest BCUT2D eigenvalue weighted by molar-refractivity contribution is 6.30. The molecule has 2 aromatic rings. The normalized spacial score (nSPS) is 18.9. The van der Waals surface area contributed by atoms with E-state index in [-0.39, 0.29) is 5.78 Å². The summed E-state index contributed by atoms with van der Waals surface area (Å²) in [7, 11) is 0. The van der Waals surface area contributed by atoms with Gasteiger partial charge in [0.25, 0.3) is 0 Å². The number of rotatable bonds is 3. The van der Waals surface area contributed by atoms with Crippen molar-refractivity contribution >= 4 is 17.3 Å². The summed E-state index contributed by atoms with van der Waals surface area (Å²) in [6.45, 7) is 8.17. The second kappa shape index (κ2) is 6.97. The topological polar surface area (TPSA) is 51.2 Å². The molecule has 1 aliphatic rings. The van der Waals surface area contributed by atoms with E-state index in [2.05, 4.69) is 0 Å². The van der Waals surface area contributed by atoms with Crippen molar-refractivity contribution < 1.29 is 23.2 Å². The fourth-order valence-corrected chi connectivity index (χ4v) is 4.18. The van der Waals surface area contributed by atoms with Crippen LogP contribution in [0.3, 0.4) is 0 Å². The first-order valence-corrected chi connectivity index (χ1v) is 9.64. The summed E-state index contributed by atoms with van der Waals surface area (Å²) in [5, 5.41) is 0. The summed E-state index contributed by atoms with van der Waals surface area (Å²) in [5.74, 6) is -4.05. The van der Waals surface area contributed by atoms with Gasteiger partial charge in [0, 0.05) is 0 Å². The van der Waals surface area contributed by atoms with Gasteiger partial charge in [-0.3, -0.25) is 14.4 Å². The third kappa shape index (κ3) is 3.22. The summed E-state index contributed by atoms with van der Waals surface area (Å²) in [5.41, 5.74) is -0.0167. The Morgan fingerprint density at radius 3 is 1.83 bits per heavy atom. The van der Waals surface area contributed by atoms with Crippen LogP contribution in [0.25, 0.3) is 11.1 Å². The van der Waals surface area contributed by atoms with Gasteiger partial charge in [-0.25, -0.2) is 8.78 Å². The molecule has 1 fully saturated rings. The number of hydrogen-bond acceptors (Lipinski definition) is 3. The minimum absolute atomic E-state index is 0.368. The average Bonchev–Trinajstić information content (AvgIpc) is 2.68. The lowest BCUT2D eigenvalue weighted by Crippen LogP contribution is -2.56. The van der Waals surface area contributed by atoms with Crippen molar-refractivity contribution in [1.29, 1.82) is 0 Å². The maximum absolute atomic E-state index is 13.6. The molecule has 0 bridgehead atoms. The van der Waals surface area contributed by atoms with Gasteiger partial charge in [0.05, 0.1) is 10.8 Å². The fraction of sp³-hybridized carbons (Fsp3) is 0.375. The molecule has 0 radical (unpaired) electrons. The van der Waals surface area contributed by atoms with Crippen molar-refractivity contribution in [3.8, 4) is 11.1 Å². The first-order chi connectivity index (χ1) is 13.4. The molecule has 0 N–H and O–H groups in total. The van der Waals surface area contributed by atoms with Crippen LogP contribution in [0.5, 0.6) is 0 Å². The molecule has 5 heteroatoms. The summed E-state index contributed by atoms with van der Waals surface area (Å²) in [4.78, 5) is 39.0. The van der Waals surface area contributed by atoms with Gasteiger partial charge < -0.3 is 0 Å². The fourth-order valence-electron chi connectivity index (χ4n) is 4.18. The van der Waals surface area contributed by atoms with Gasteiger partial charge in [0.15, 0.2) is 29.0 Å². The molecule has 0 saturated heterocycles. The minimum Gasteiger partial charge on any atom is -0.298 e. The number of hydrogen-bond donors (Lipinski definition) is 0.